The molecule has 0 aliphatic heterocycles. The average Bonchev–Trinajstić information content (AvgIpc) is 2.82. The molecule has 0 spiro atoms. The molecule has 4 aliphatic rings. The van der Waals surface area contributed by atoms with E-state index in [1.807, 2.05) is 0 Å². The maximum atomic E-state index is 14.9. The Kier molecular flexibility index (Phi) is 2.89. The van der Waals surface area contributed by atoms with E-state index < -0.39 is 6.17 Å². The summed E-state index contributed by atoms with van der Waals surface area (Å²) in [5.41, 5.74) is 1.98. The molecule has 0 aromatic heterocycles. The van der Waals surface area contributed by atoms with Crippen LogP contribution in [0.3, 0.4) is 0 Å². The smallest absolute Gasteiger partial charge is 0.110 e. The van der Waals surface area contributed by atoms with E-state index in [2.05, 4.69) is 19.9 Å². The second kappa shape index (κ2) is 4.34. The van der Waals surface area contributed by atoms with Gasteiger partial charge in [-0.1, -0.05) is 31.9 Å². The van der Waals surface area contributed by atoms with Gasteiger partial charge in [0.15, 0.2) is 0 Å². The standard InChI is InChI=1S/C19H29F/c1-18-11-4-6-15(18)14-9-8-13-5-3-7-17(20)19(13,2)16(14)10-12-18/h5,14-17H,3-4,6-12H2,1-2H3/t14-,15-,16-,17?,18-,19-/m0/s1. The molecule has 1 heteroatoms. The Balaban J connectivity index is 1.71. The summed E-state index contributed by atoms with van der Waals surface area (Å²) in [6.07, 6.45) is 13.0. The summed E-state index contributed by atoms with van der Waals surface area (Å²) in [5, 5.41) is 0. The molecular formula is C19H29F. The Hall–Kier alpha value is -0.330. The number of rotatable bonds is 0. The van der Waals surface area contributed by atoms with E-state index in [1.165, 1.54) is 50.5 Å². The van der Waals surface area contributed by atoms with Crippen LogP contribution in [0.15, 0.2) is 11.6 Å². The highest BCUT2D eigenvalue weighted by Crippen LogP contribution is 2.65. The van der Waals surface area contributed by atoms with Crippen LogP contribution >= 0.6 is 0 Å². The minimum atomic E-state index is -0.582. The zero-order valence-electron chi connectivity index (χ0n) is 13.1. The lowest BCUT2D eigenvalue weighted by Gasteiger charge is -2.58. The molecule has 0 aromatic carbocycles. The van der Waals surface area contributed by atoms with E-state index in [-0.39, 0.29) is 5.41 Å². The fourth-order valence-corrected chi connectivity index (χ4v) is 6.72. The van der Waals surface area contributed by atoms with Gasteiger partial charge in [0.25, 0.3) is 0 Å². The number of hydrogen-bond acceptors (Lipinski definition) is 0. The Bertz CT molecular complexity index is 439. The monoisotopic (exact) mass is 276 g/mol. The van der Waals surface area contributed by atoms with Gasteiger partial charge in [-0.3, -0.25) is 0 Å². The molecule has 0 amide bonds. The maximum Gasteiger partial charge on any atom is 0.110 e. The van der Waals surface area contributed by atoms with E-state index >= 15 is 0 Å². The van der Waals surface area contributed by atoms with Crippen molar-refractivity contribution in [2.45, 2.75) is 77.8 Å². The van der Waals surface area contributed by atoms with Crippen molar-refractivity contribution in [1.82, 2.24) is 0 Å². The third-order valence-corrected chi connectivity index (χ3v) is 7.89. The summed E-state index contributed by atoms with van der Waals surface area (Å²) in [6, 6.07) is 0. The largest absolute Gasteiger partial charge is 0.247 e. The molecule has 0 N–H and O–H groups in total. The number of fused-ring (bicyclic) bond motifs is 5. The first-order chi connectivity index (χ1) is 9.56. The summed E-state index contributed by atoms with van der Waals surface area (Å²) >= 11 is 0. The van der Waals surface area contributed by atoms with E-state index in [0.29, 0.717) is 11.3 Å². The minimum absolute atomic E-state index is 0.106. The second-order valence-electron chi connectivity index (χ2n) is 8.56. The van der Waals surface area contributed by atoms with Crippen molar-refractivity contribution in [2.24, 2.45) is 28.6 Å². The third kappa shape index (κ3) is 1.58. The fraction of sp³-hybridized carbons (Fsp3) is 0.895. The van der Waals surface area contributed by atoms with Crippen LogP contribution in [-0.4, -0.2) is 6.17 Å². The van der Waals surface area contributed by atoms with Crippen LogP contribution in [0, 0.1) is 28.6 Å². The predicted octanol–water partition coefficient (Wildman–Crippen LogP) is 5.68. The summed E-state index contributed by atoms with van der Waals surface area (Å²) in [5.74, 6) is 2.34. The quantitative estimate of drug-likeness (QED) is 0.499. The summed E-state index contributed by atoms with van der Waals surface area (Å²) in [7, 11) is 0. The molecule has 3 fully saturated rings. The van der Waals surface area contributed by atoms with E-state index in [4.69, 9.17) is 0 Å². The minimum Gasteiger partial charge on any atom is -0.247 e. The molecule has 0 aromatic rings. The molecule has 0 bridgehead atoms. The predicted molar refractivity (Wildman–Crippen MR) is 81.2 cm³/mol. The SMILES string of the molecule is C[C@@]12CCC[C@H]1[C@@H]1CCC3=CCCC(F)[C@]3(C)[C@H]1CC2. The topological polar surface area (TPSA) is 0 Å². The Morgan fingerprint density at radius 2 is 1.90 bits per heavy atom. The van der Waals surface area contributed by atoms with Crippen molar-refractivity contribution in [3.05, 3.63) is 11.6 Å². The van der Waals surface area contributed by atoms with Gasteiger partial charge in [-0.25, -0.2) is 4.39 Å². The van der Waals surface area contributed by atoms with Crippen molar-refractivity contribution >= 4 is 0 Å². The number of allylic oxidation sites excluding steroid dienone is 2. The molecule has 6 atom stereocenters. The van der Waals surface area contributed by atoms with Crippen molar-refractivity contribution in [3.63, 3.8) is 0 Å². The molecule has 0 radical (unpaired) electrons. The highest BCUT2D eigenvalue weighted by atomic mass is 19.1. The van der Waals surface area contributed by atoms with Gasteiger partial charge in [0.2, 0.25) is 0 Å². The summed E-state index contributed by atoms with van der Waals surface area (Å²) in [6.45, 7) is 4.81. The van der Waals surface area contributed by atoms with Crippen molar-refractivity contribution < 1.29 is 4.39 Å². The summed E-state index contributed by atoms with van der Waals surface area (Å²) in [4.78, 5) is 0. The van der Waals surface area contributed by atoms with Gasteiger partial charge in [0.05, 0.1) is 0 Å². The molecule has 4 aliphatic carbocycles. The van der Waals surface area contributed by atoms with Gasteiger partial charge in [0, 0.05) is 5.41 Å². The van der Waals surface area contributed by atoms with Gasteiger partial charge >= 0.3 is 0 Å². The zero-order chi connectivity index (χ0) is 14.0. The molecule has 112 valence electrons. The molecular weight excluding hydrogens is 247 g/mol. The summed E-state index contributed by atoms with van der Waals surface area (Å²) < 4.78 is 14.9. The van der Waals surface area contributed by atoms with E-state index in [9.17, 15) is 4.39 Å². The molecule has 3 saturated carbocycles. The molecule has 20 heavy (non-hydrogen) atoms. The lowest BCUT2D eigenvalue weighted by molar-refractivity contribution is -0.0648. The van der Waals surface area contributed by atoms with Crippen LogP contribution in [0.25, 0.3) is 0 Å². The zero-order valence-corrected chi connectivity index (χ0v) is 13.1. The van der Waals surface area contributed by atoms with E-state index in [1.54, 1.807) is 0 Å². The first-order valence-corrected chi connectivity index (χ1v) is 8.89. The first-order valence-electron chi connectivity index (χ1n) is 8.89. The van der Waals surface area contributed by atoms with Crippen LogP contribution in [0.1, 0.15) is 71.6 Å². The lowest BCUT2D eigenvalue weighted by Crippen LogP contribution is -2.52. The lowest BCUT2D eigenvalue weighted by atomic mass is 9.47. The first kappa shape index (κ1) is 13.3. The van der Waals surface area contributed by atoms with Gasteiger partial charge in [-0.05, 0) is 74.5 Å². The van der Waals surface area contributed by atoms with Crippen LogP contribution in [0.2, 0.25) is 0 Å². The van der Waals surface area contributed by atoms with Crippen molar-refractivity contribution in [3.8, 4) is 0 Å². The number of halogens is 1. The van der Waals surface area contributed by atoms with Crippen molar-refractivity contribution in [1.29, 1.82) is 0 Å². The van der Waals surface area contributed by atoms with Crippen LogP contribution in [0.5, 0.6) is 0 Å². The van der Waals surface area contributed by atoms with Gasteiger partial charge in [0.1, 0.15) is 6.17 Å². The fourth-order valence-electron chi connectivity index (χ4n) is 6.72. The number of alkyl halides is 1. The Morgan fingerprint density at radius 1 is 1.05 bits per heavy atom. The Labute approximate surface area is 123 Å². The van der Waals surface area contributed by atoms with Crippen LogP contribution in [-0.2, 0) is 0 Å². The van der Waals surface area contributed by atoms with Gasteiger partial charge < -0.3 is 0 Å². The number of hydrogen-bond donors (Lipinski definition) is 0. The highest BCUT2D eigenvalue weighted by molar-refractivity contribution is 5.25. The normalized spacial score (nSPS) is 54.6. The van der Waals surface area contributed by atoms with E-state index in [0.717, 1.165) is 24.7 Å². The average molecular weight is 276 g/mol. The van der Waals surface area contributed by atoms with Crippen LogP contribution < -0.4 is 0 Å². The molecule has 0 nitrogen and oxygen atoms in total. The van der Waals surface area contributed by atoms with Crippen LogP contribution in [0.4, 0.5) is 4.39 Å². The molecule has 4 rings (SSSR count). The second-order valence-corrected chi connectivity index (χ2v) is 8.56. The highest BCUT2D eigenvalue weighted by Gasteiger charge is 2.58. The third-order valence-electron chi connectivity index (χ3n) is 7.89. The molecule has 1 unspecified atom stereocenters. The van der Waals surface area contributed by atoms with Gasteiger partial charge in [-0.15, -0.1) is 0 Å². The van der Waals surface area contributed by atoms with Gasteiger partial charge in [-0.2, -0.15) is 0 Å². The Morgan fingerprint density at radius 3 is 2.75 bits per heavy atom. The maximum absolute atomic E-state index is 14.9. The van der Waals surface area contributed by atoms with Crippen molar-refractivity contribution in [2.75, 3.05) is 0 Å². The molecule has 0 heterocycles. The molecule has 0 saturated heterocycles.